The Bertz CT molecular complexity index is 867. The molecule has 1 aliphatic rings. The summed E-state index contributed by atoms with van der Waals surface area (Å²) in [4.78, 5) is 16.9. The quantitative estimate of drug-likeness (QED) is 0.766. The zero-order chi connectivity index (χ0) is 17.1. The molecule has 0 saturated carbocycles. The van der Waals surface area contributed by atoms with E-state index in [0.717, 1.165) is 42.6 Å². The highest BCUT2D eigenvalue weighted by Gasteiger charge is 2.20. The van der Waals surface area contributed by atoms with Crippen LogP contribution in [0.3, 0.4) is 0 Å². The highest BCUT2D eigenvalue weighted by molar-refractivity contribution is 5.96. The number of amides is 1. The summed E-state index contributed by atoms with van der Waals surface area (Å²) in [7, 11) is 0. The van der Waals surface area contributed by atoms with Crippen molar-refractivity contribution in [1.82, 2.24) is 10.3 Å². The molecule has 1 aromatic heterocycles. The summed E-state index contributed by atoms with van der Waals surface area (Å²) in [6.07, 6.45) is 3.77. The van der Waals surface area contributed by atoms with E-state index < -0.39 is 0 Å². The van der Waals surface area contributed by atoms with Crippen molar-refractivity contribution < 1.29 is 9.21 Å². The van der Waals surface area contributed by atoms with E-state index in [4.69, 9.17) is 4.42 Å². The van der Waals surface area contributed by atoms with Crippen molar-refractivity contribution in [3.05, 3.63) is 60.0 Å². The molecule has 5 nitrogen and oxygen atoms in total. The Kier molecular flexibility index (Phi) is 4.48. The third-order valence-electron chi connectivity index (χ3n) is 4.53. The van der Waals surface area contributed by atoms with Crippen molar-refractivity contribution in [3.8, 4) is 0 Å². The lowest BCUT2D eigenvalue weighted by Gasteiger charge is -2.22. The van der Waals surface area contributed by atoms with E-state index in [-0.39, 0.29) is 11.9 Å². The summed E-state index contributed by atoms with van der Waals surface area (Å²) in [5, 5.41) is 6.23. The third kappa shape index (κ3) is 3.72. The van der Waals surface area contributed by atoms with Crippen molar-refractivity contribution in [2.24, 2.45) is 0 Å². The molecule has 128 valence electrons. The van der Waals surface area contributed by atoms with E-state index >= 15 is 0 Å². The minimum absolute atomic E-state index is 0.0167. The first-order chi connectivity index (χ1) is 12.3. The van der Waals surface area contributed by atoms with Gasteiger partial charge in [-0.1, -0.05) is 36.8 Å². The lowest BCUT2D eigenvalue weighted by atomic mass is 10.0. The molecule has 3 aromatic rings. The Morgan fingerprint density at radius 3 is 2.88 bits per heavy atom. The van der Waals surface area contributed by atoms with Gasteiger partial charge in [0.2, 0.25) is 5.91 Å². The number of benzene rings is 2. The molecule has 1 aliphatic heterocycles. The average Bonchev–Trinajstić information content (AvgIpc) is 3.04. The smallest absolute Gasteiger partial charge is 0.241 e. The van der Waals surface area contributed by atoms with Gasteiger partial charge in [-0.2, -0.15) is 0 Å². The number of hydrogen-bond acceptors (Lipinski definition) is 4. The van der Waals surface area contributed by atoms with Crippen molar-refractivity contribution >= 4 is 22.7 Å². The van der Waals surface area contributed by atoms with Crippen molar-refractivity contribution in [2.75, 3.05) is 11.9 Å². The maximum atomic E-state index is 12.3. The van der Waals surface area contributed by atoms with Crippen molar-refractivity contribution in [1.29, 1.82) is 0 Å². The van der Waals surface area contributed by atoms with Gasteiger partial charge in [-0.15, -0.1) is 0 Å². The molecule has 5 heteroatoms. The number of piperidine rings is 1. The molecule has 2 heterocycles. The van der Waals surface area contributed by atoms with E-state index in [2.05, 4.69) is 27.8 Å². The molecular formula is C20H21N3O2. The van der Waals surface area contributed by atoms with Gasteiger partial charge < -0.3 is 15.1 Å². The Balaban J connectivity index is 1.49. The van der Waals surface area contributed by atoms with Crippen LogP contribution in [-0.2, 0) is 11.2 Å². The summed E-state index contributed by atoms with van der Waals surface area (Å²) in [5.41, 5.74) is 3.40. The zero-order valence-corrected chi connectivity index (χ0v) is 14.0. The number of hydrogen-bond donors (Lipinski definition) is 2. The van der Waals surface area contributed by atoms with E-state index in [9.17, 15) is 4.79 Å². The first-order valence-corrected chi connectivity index (χ1v) is 8.75. The van der Waals surface area contributed by atoms with Crippen LogP contribution in [0.15, 0.2) is 52.9 Å². The maximum Gasteiger partial charge on any atom is 0.241 e. The van der Waals surface area contributed by atoms with Gasteiger partial charge in [0.25, 0.3) is 0 Å². The lowest BCUT2D eigenvalue weighted by Crippen LogP contribution is -2.43. The predicted molar refractivity (Wildman–Crippen MR) is 97.5 cm³/mol. The molecule has 1 unspecified atom stereocenters. The Hall–Kier alpha value is -2.66. The SMILES string of the molecule is O=C(Nc1ccc2nc(Cc3ccccc3)oc2c1)C1CCCCN1. The van der Waals surface area contributed by atoms with Crippen LogP contribution >= 0.6 is 0 Å². The lowest BCUT2D eigenvalue weighted by molar-refractivity contribution is -0.118. The van der Waals surface area contributed by atoms with Gasteiger partial charge in [0.05, 0.1) is 6.04 Å². The molecule has 2 aromatic carbocycles. The summed E-state index contributed by atoms with van der Waals surface area (Å²) >= 11 is 0. The van der Waals surface area contributed by atoms with E-state index in [1.807, 2.05) is 36.4 Å². The second-order valence-corrected chi connectivity index (χ2v) is 6.44. The number of fused-ring (bicyclic) bond motifs is 1. The van der Waals surface area contributed by atoms with Gasteiger partial charge in [0.1, 0.15) is 5.52 Å². The number of oxazole rings is 1. The van der Waals surface area contributed by atoms with Gasteiger partial charge in [0, 0.05) is 18.2 Å². The fraction of sp³-hybridized carbons (Fsp3) is 0.300. The summed E-state index contributed by atoms with van der Waals surface area (Å²) in [5.74, 6) is 0.696. The van der Waals surface area contributed by atoms with Crippen LogP contribution in [-0.4, -0.2) is 23.5 Å². The minimum atomic E-state index is -0.104. The first kappa shape index (κ1) is 15.8. The minimum Gasteiger partial charge on any atom is -0.440 e. The number of nitrogens with zero attached hydrogens (tertiary/aromatic N) is 1. The van der Waals surface area contributed by atoms with Crippen molar-refractivity contribution in [2.45, 2.75) is 31.7 Å². The summed E-state index contributed by atoms with van der Waals surface area (Å²) < 4.78 is 5.86. The zero-order valence-electron chi connectivity index (χ0n) is 14.0. The normalized spacial score (nSPS) is 17.5. The van der Waals surface area contributed by atoms with Gasteiger partial charge in [0.15, 0.2) is 11.5 Å². The molecule has 1 atom stereocenters. The second kappa shape index (κ2) is 7.07. The molecule has 1 saturated heterocycles. The predicted octanol–water partition coefficient (Wildman–Crippen LogP) is 3.50. The van der Waals surface area contributed by atoms with Crippen LogP contribution in [0.5, 0.6) is 0 Å². The van der Waals surface area contributed by atoms with Gasteiger partial charge >= 0.3 is 0 Å². The number of carbonyl (C=O) groups excluding carboxylic acids is 1. The number of rotatable bonds is 4. The van der Waals surface area contributed by atoms with E-state index in [1.54, 1.807) is 0 Å². The molecule has 25 heavy (non-hydrogen) atoms. The summed E-state index contributed by atoms with van der Waals surface area (Å²) in [6, 6.07) is 15.6. The van der Waals surface area contributed by atoms with Crippen LogP contribution < -0.4 is 10.6 Å². The molecule has 0 aliphatic carbocycles. The Morgan fingerprint density at radius 1 is 1.20 bits per heavy atom. The highest BCUT2D eigenvalue weighted by atomic mass is 16.3. The largest absolute Gasteiger partial charge is 0.440 e. The molecule has 4 rings (SSSR count). The van der Waals surface area contributed by atoms with E-state index in [0.29, 0.717) is 17.9 Å². The second-order valence-electron chi connectivity index (χ2n) is 6.44. The third-order valence-corrected chi connectivity index (χ3v) is 4.53. The number of aromatic nitrogens is 1. The number of nitrogens with one attached hydrogen (secondary N) is 2. The first-order valence-electron chi connectivity index (χ1n) is 8.75. The number of anilines is 1. The van der Waals surface area contributed by atoms with Gasteiger partial charge in [-0.05, 0) is 37.1 Å². The van der Waals surface area contributed by atoms with Crippen LogP contribution in [0.2, 0.25) is 0 Å². The average molecular weight is 335 g/mol. The fourth-order valence-corrected chi connectivity index (χ4v) is 3.20. The van der Waals surface area contributed by atoms with Crippen LogP contribution in [0.4, 0.5) is 5.69 Å². The molecule has 1 fully saturated rings. The van der Waals surface area contributed by atoms with Crippen LogP contribution in [0.1, 0.15) is 30.7 Å². The molecule has 1 amide bonds. The van der Waals surface area contributed by atoms with Crippen molar-refractivity contribution in [3.63, 3.8) is 0 Å². The Labute approximate surface area is 146 Å². The Morgan fingerprint density at radius 2 is 2.08 bits per heavy atom. The van der Waals surface area contributed by atoms with Gasteiger partial charge in [-0.3, -0.25) is 4.79 Å². The maximum absolute atomic E-state index is 12.3. The molecule has 0 radical (unpaired) electrons. The highest BCUT2D eigenvalue weighted by Crippen LogP contribution is 2.22. The summed E-state index contributed by atoms with van der Waals surface area (Å²) in [6.45, 7) is 0.905. The standard InChI is InChI=1S/C20H21N3O2/c24-20(17-8-4-5-11-21-17)22-15-9-10-16-18(13-15)25-19(23-16)12-14-6-2-1-3-7-14/h1-3,6-7,9-10,13,17,21H,4-5,8,11-12H2,(H,22,24). The van der Waals surface area contributed by atoms with E-state index in [1.165, 1.54) is 0 Å². The molecule has 0 bridgehead atoms. The molecule has 0 spiro atoms. The number of carbonyl (C=O) groups is 1. The van der Waals surface area contributed by atoms with Crippen LogP contribution in [0.25, 0.3) is 11.1 Å². The van der Waals surface area contributed by atoms with Crippen LogP contribution in [0, 0.1) is 0 Å². The topological polar surface area (TPSA) is 67.2 Å². The molecule has 2 N–H and O–H groups in total. The van der Waals surface area contributed by atoms with Gasteiger partial charge in [-0.25, -0.2) is 4.98 Å². The molecular weight excluding hydrogens is 314 g/mol. The fourth-order valence-electron chi connectivity index (χ4n) is 3.20. The monoisotopic (exact) mass is 335 g/mol.